The molecule has 0 radical (unpaired) electrons. The highest BCUT2D eigenvalue weighted by Crippen LogP contribution is 2.19. The van der Waals surface area contributed by atoms with Gasteiger partial charge in [0.25, 0.3) is 0 Å². The molecule has 0 spiro atoms. The third kappa shape index (κ3) is 4.27. The van der Waals surface area contributed by atoms with Gasteiger partial charge in [0, 0.05) is 11.6 Å². The zero-order valence-corrected chi connectivity index (χ0v) is 11.8. The van der Waals surface area contributed by atoms with Gasteiger partial charge in [-0.15, -0.1) is 0 Å². The highest BCUT2D eigenvalue weighted by atomic mass is 35.5. The van der Waals surface area contributed by atoms with E-state index in [2.05, 4.69) is 30.4 Å². The maximum absolute atomic E-state index is 5.94. The van der Waals surface area contributed by atoms with Crippen LogP contribution in [0.4, 0.5) is 0 Å². The molecule has 0 atom stereocenters. The summed E-state index contributed by atoms with van der Waals surface area (Å²) >= 11 is 5.94. The maximum atomic E-state index is 5.94. The Morgan fingerprint density at radius 1 is 1.05 bits per heavy atom. The highest BCUT2D eigenvalue weighted by Gasteiger charge is 2.02. The number of rotatable bonds is 6. The largest absolute Gasteiger partial charge is 0.489 e. The Labute approximate surface area is 119 Å². The third-order valence-electron chi connectivity index (χ3n) is 2.87. The fourth-order valence-corrected chi connectivity index (χ4v) is 2.03. The van der Waals surface area contributed by atoms with E-state index in [1.165, 1.54) is 11.1 Å². The molecule has 2 rings (SSSR count). The van der Waals surface area contributed by atoms with E-state index in [9.17, 15) is 0 Å². The molecule has 19 heavy (non-hydrogen) atoms. The smallest absolute Gasteiger partial charge is 0.121 e. The SMILES string of the molecule is CCNCc1ccccc1COc1cccc(Cl)c1. The van der Waals surface area contributed by atoms with Gasteiger partial charge in [-0.3, -0.25) is 0 Å². The van der Waals surface area contributed by atoms with Crippen molar-refractivity contribution < 1.29 is 4.74 Å². The van der Waals surface area contributed by atoms with E-state index in [0.717, 1.165) is 18.8 Å². The molecule has 0 heterocycles. The molecule has 0 aliphatic heterocycles. The number of hydrogen-bond donors (Lipinski definition) is 1. The Kier molecular flexibility index (Phi) is 5.25. The molecular weight excluding hydrogens is 258 g/mol. The van der Waals surface area contributed by atoms with Gasteiger partial charge in [0.05, 0.1) is 0 Å². The van der Waals surface area contributed by atoms with E-state index in [1.54, 1.807) is 0 Å². The van der Waals surface area contributed by atoms with Crippen molar-refractivity contribution >= 4 is 11.6 Å². The summed E-state index contributed by atoms with van der Waals surface area (Å²) in [5.41, 5.74) is 2.47. The molecule has 0 saturated carbocycles. The molecule has 0 aromatic heterocycles. The fourth-order valence-electron chi connectivity index (χ4n) is 1.85. The lowest BCUT2D eigenvalue weighted by molar-refractivity contribution is 0.304. The molecule has 3 heteroatoms. The van der Waals surface area contributed by atoms with Gasteiger partial charge in [-0.2, -0.15) is 0 Å². The first kappa shape index (κ1) is 13.9. The van der Waals surface area contributed by atoms with Crippen molar-refractivity contribution in [3.8, 4) is 5.75 Å². The standard InChI is InChI=1S/C16H18ClNO/c1-2-18-11-13-6-3-4-7-14(13)12-19-16-9-5-8-15(17)10-16/h3-10,18H,2,11-12H2,1H3. The monoisotopic (exact) mass is 275 g/mol. The van der Waals surface area contributed by atoms with Crippen molar-refractivity contribution in [2.45, 2.75) is 20.1 Å². The summed E-state index contributed by atoms with van der Waals surface area (Å²) in [7, 11) is 0. The van der Waals surface area contributed by atoms with Crippen molar-refractivity contribution in [3.05, 3.63) is 64.7 Å². The van der Waals surface area contributed by atoms with Crippen LogP contribution < -0.4 is 10.1 Å². The molecule has 0 bridgehead atoms. The number of benzene rings is 2. The topological polar surface area (TPSA) is 21.3 Å². The van der Waals surface area contributed by atoms with Crippen LogP contribution in [0, 0.1) is 0 Å². The first-order valence-electron chi connectivity index (χ1n) is 6.45. The average Bonchev–Trinajstić information content (AvgIpc) is 2.44. The minimum Gasteiger partial charge on any atom is -0.489 e. The van der Waals surface area contributed by atoms with Gasteiger partial charge < -0.3 is 10.1 Å². The Balaban J connectivity index is 2.02. The van der Waals surface area contributed by atoms with Crippen LogP contribution in [0.5, 0.6) is 5.75 Å². The van der Waals surface area contributed by atoms with Crippen molar-refractivity contribution in [1.82, 2.24) is 5.32 Å². The highest BCUT2D eigenvalue weighted by molar-refractivity contribution is 6.30. The van der Waals surface area contributed by atoms with Gasteiger partial charge in [-0.25, -0.2) is 0 Å². The summed E-state index contributed by atoms with van der Waals surface area (Å²) in [6.07, 6.45) is 0. The van der Waals surface area contributed by atoms with Crippen molar-refractivity contribution in [2.24, 2.45) is 0 Å². The van der Waals surface area contributed by atoms with Crippen LogP contribution in [0.2, 0.25) is 5.02 Å². The van der Waals surface area contributed by atoms with Crippen LogP contribution in [-0.4, -0.2) is 6.54 Å². The molecular formula is C16H18ClNO. The minimum absolute atomic E-state index is 0.557. The molecule has 0 fully saturated rings. The van der Waals surface area contributed by atoms with E-state index < -0.39 is 0 Å². The predicted octanol–water partition coefficient (Wildman–Crippen LogP) is 4.03. The van der Waals surface area contributed by atoms with Gasteiger partial charge in [0.2, 0.25) is 0 Å². The first-order valence-corrected chi connectivity index (χ1v) is 6.83. The van der Waals surface area contributed by atoms with Crippen LogP contribution in [0.3, 0.4) is 0 Å². The van der Waals surface area contributed by atoms with E-state index in [1.807, 2.05) is 30.3 Å². The number of ether oxygens (including phenoxy) is 1. The summed E-state index contributed by atoms with van der Waals surface area (Å²) < 4.78 is 5.78. The molecule has 2 aromatic rings. The van der Waals surface area contributed by atoms with Crippen molar-refractivity contribution in [2.75, 3.05) is 6.54 Å². The zero-order valence-electron chi connectivity index (χ0n) is 11.0. The molecule has 0 amide bonds. The number of hydrogen-bond acceptors (Lipinski definition) is 2. The van der Waals surface area contributed by atoms with Gasteiger partial charge >= 0.3 is 0 Å². The molecule has 1 N–H and O–H groups in total. The van der Waals surface area contributed by atoms with Crippen LogP contribution in [-0.2, 0) is 13.2 Å². The molecule has 100 valence electrons. The van der Waals surface area contributed by atoms with E-state index >= 15 is 0 Å². The predicted molar refractivity (Wildman–Crippen MR) is 79.6 cm³/mol. The quantitative estimate of drug-likeness (QED) is 0.859. The van der Waals surface area contributed by atoms with Crippen LogP contribution in [0.25, 0.3) is 0 Å². The molecule has 2 nitrogen and oxygen atoms in total. The minimum atomic E-state index is 0.557. The van der Waals surface area contributed by atoms with Gasteiger partial charge in [0.1, 0.15) is 12.4 Å². The summed E-state index contributed by atoms with van der Waals surface area (Å²) in [5, 5.41) is 4.03. The van der Waals surface area contributed by atoms with E-state index in [-0.39, 0.29) is 0 Å². The lowest BCUT2D eigenvalue weighted by Crippen LogP contribution is -2.13. The normalized spacial score (nSPS) is 10.4. The first-order chi connectivity index (χ1) is 9.29. The molecule has 0 aliphatic carbocycles. The molecule has 2 aromatic carbocycles. The lowest BCUT2D eigenvalue weighted by atomic mass is 10.1. The van der Waals surface area contributed by atoms with Crippen LogP contribution in [0.15, 0.2) is 48.5 Å². The Morgan fingerprint density at radius 3 is 2.58 bits per heavy atom. The lowest BCUT2D eigenvalue weighted by Gasteiger charge is -2.11. The Bertz CT molecular complexity index is 528. The second kappa shape index (κ2) is 7.17. The van der Waals surface area contributed by atoms with Crippen LogP contribution in [0.1, 0.15) is 18.1 Å². The van der Waals surface area contributed by atoms with E-state index in [4.69, 9.17) is 16.3 Å². The molecule has 0 unspecified atom stereocenters. The summed E-state index contributed by atoms with van der Waals surface area (Å²) in [5.74, 6) is 0.797. The fraction of sp³-hybridized carbons (Fsp3) is 0.250. The number of halogens is 1. The summed E-state index contributed by atoms with van der Waals surface area (Å²) in [4.78, 5) is 0. The zero-order chi connectivity index (χ0) is 13.5. The Morgan fingerprint density at radius 2 is 1.84 bits per heavy atom. The molecule has 0 aliphatic rings. The number of nitrogens with one attached hydrogen (secondary N) is 1. The van der Waals surface area contributed by atoms with E-state index in [0.29, 0.717) is 11.6 Å². The van der Waals surface area contributed by atoms with Crippen LogP contribution >= 0.6 is 11.6 Å². The summed E-state index contributed by atoms with van der Waals surface area (Å²) in [6, 6.07) is 15.8. The van der Waals surface area contributed by atoms with Gasteiger partial charge in [-0.05, 0) is 35.9 Å². The third-order valence-corrected chi connectivity index (χ3v) is 3.11. The summed E-state index contributed by atoms with van der Waals surface area (Å²) in [6.45, 7) is 4.49. The van der Waals surface area contributed by atoms with Crippen molar-refractivity contribution in [1.29, 1.82) is 0 Å². The van der Waals surface area contributed by atoms with Gasteiger partial charge in [-0.1, -0.05) is 48.9 Å². The average molecular weight is 276 g/mol. The molecule has 0 saturated heterocycles. The second-order valence-electron chi connectivity index (χ2n) is 4.30. The Hall–Kier alpha value is -1.51. The van der Waals surface area contributed by atoms with Crippen molar-refractivity contribution in [3.63, 3.8) is 0 Å². The second-order valence-corrected chi connectivity index (χ2v) is 4.73. The maximum Gasteiger partial charge on any atom is 0.121 e. The van der Waals surface area contributed by atoms with Gasteiger partial charge in [0.15, 0.2) is 0 Å².